The maximum Gasteiger partial charge on any atom is 0.339 e. The van der Waals surface area contributed by atoms with E-state index in [1.54, 1.807) is 13.0 Å². The van der Waals surface area contributed by atoms with Gasteiger partial charge in [-0.05, 0) is 31.2 Å². The molecule has 0 radical (unpaired) electrons. The summed E-state index contributed by atoms with van der Waals surface area (Å²) in [5, 5.41) is 73.7. The van der Waals surface area contributed by atoms with Gasteiger partial charge in [-0.1, -0.05) is 6.92 Å². The smallest absolute Gasteiger partial charge is 0.339 e. The van der Waals surface area contributed by atoms with Gasteiger partial charge in [-0.3, -0.25) is 0 Å². The van der Waals surface area contributed by atoms with Crippen LogP contribution in [-0.2, 0) is 19.0 Å². The number of rotatable bonds is 4. The molecule has 2 saturated carbocycles. The Bertz CT molecular complexity index is 938. The third-order valence-corrected chi connectivity index (χ3v) is 8.96. The Balaban J connectivity index is 1.45. The van der Waals surface area contributed by atoms with Gasteiger partial charge in [-0.15, -0.1) is 0 Å². The molecule has 4 fully saturated rings. The first-order valence-corrected chi connectivity index (χ1v) is 12.3. The predicted molar refractivity (Wildman–Crippen MR) is 117 cm³/mol. The number of esters is 1. The molecular weight excluding hydrogens is 480 g/mol. The molecule has 3 heterocycles. The van der Waals surface area contributed by atoms with Crippen LogP contribution in [-0.4, -0.2) is 103 Å². The molecule has 0 bridgehead atoms. The van der Waals surface area contributed by atoms with Crippen LogP contribution in [0.15, 0.2) is 23.0 Å². The predicted octanol–water partition coefficient (Wildman–Crippen LogP) is -1.66. The highest BCUT2D eigenvalue weighted by molar-refractivity contribution is 5.82. The van der Waals surface area contributed by atoms with Gasteiger partial charge in [0.05, 0.1) is 37.4 Å². The molecule has 13 atom stereocenters. The number of hydrogen-bond donors (Lipinski definition) is 7. The van der Waals surface area contributed by atoms with Crippen molar-refractivity contribution in [2.75, 3.05) is 6.61 Å². The fraction of sp³-hybridized carbons (Fsp3) is 0.792. The van der Waals surface area contributed by atoms with E-state index in [0.717, 1.165) is 0 Å². The molecule has 7 N–H and O–H groups in total. The first-order chi connectivity index (χ1) is 17.0. The maximum atomic E-state index is 13.1. The third kappa shape index (κ3) is 3.82. The molecule has 2 aliphatic heterocycles. The summed E-state index contributed by atoms with van der Waals surface area (Å²) >= 11 is 0. The average Bonchev–Trinajstić information content (AvgIpc) is 3.38. The molecule has 202 valence electrons. The van der Waals surface area contributed by atoms with Crippen LogP contribution in [0.3, 0.4) is 0 Å². The van der Waals surface area contributed by atoms with E-state index in [1.807, 2.05) is 0 Å². The Kier molecular flexibility index (Phi) is 6.72. The minimum absolute atomic E-state index is 0.0263. The van der Waals surface area contributed by atoms with E-state index in [9.17, 15) is 40.5 Å². The van der Waals surface area contributed by atoms with Crippen LogP contribution in [0.2, 0.25) is 0 Å². The number of fused-ring (bicyclic) bond motifs is 3. The number of ether oxygens (including phenoxy) is 3. The minimum atomic E-state index is -1.90. The van der Waals surface area contributed by atoms with Crippen molar-refractivity contribution in [1.82, 2.24) is 0 Å². The summed E-state index contributed by atoms with van der Waals surface area (Å²) in [7, 11) is 0. The van der Waals surface area contributed by atoms with E-state index in [1.165, 1.54) is 12.5 Å². The second-order valence-corrected chi connectivity index (χ2v) is 10.8. The molecule has 36 heavy (non-hydrogen) atoms. The van der Waals surface area contributed by atoms with Crippen LogP contribution >= 0.6 is 0 Å². The van der Waals surface area contributed by atoms with Gasteiger partial charge in [0.1, 0.15) is 30.5 Å². The highest BCUT2D eigenvalue weighted by Gasteiger charge is 2.69. The van der Waals surface area contributed by atoms with Crippen molar-refractivity contribution in [3.8, 4) is 0 Å². The highest BCUT2D eigenvalue weighted by atomic mass is 16.7. The van der Waals surface area contributed by atoms with Crippen molar-refractivity contribution in [2.45, 2.75) is 93.3 Å². The molecule has 5 rings (SSSR count). The molecule has 13 unspecified atom stereocenters. The molecule has 2 saturated heterocycles. The van der Waals surface area contributed by atoms with Crippen molar-refractivity contribution < 1.29 is 59.2 Å². The van der Waals surface area contributed by atoms with E-state index >= 15 is 0 Å². The maximum absolute atomic E-state index is 13.1. The summed E-state index contributed by atoms with van der Waals surface area (Å²) in [5.41, 5.74) is -2.51. The van der Waals surface area contributed by atoms with E-state index < -0.39 is 90.5 Å². The van der Waals surface area contributed by atoms with E-state index in [-0.39, 0.29) is 25.7 Å². The fourth-order valence-corrected chi connectivity index (χ4v) is 6.87. The number of aliphatic hydroxyl groups excluding tert-OH is 6. The molecule has 1 aromatic heterocycles. The van der Waals surface area contributed by atoms with E-state index in [2.05, 4.69) is 0 Å². The van der Waals surface area contributed by atoms with Gasteiger partial charge < -0.3 is 54.4 Å². The van der Waals surface area contributed by atoms with Crippen LogP contribution in [0.1, 0.15) is 44.3 Å². The van der Waals surface area contributed by atoms with E-state index in [0.29, 0.717) is 5.56 Å². The topological polar surface area (TPSA) is 200 Å². The van der Waals surface area contributed by atoms with Crippen molar-refractivity contribution >= 4 is 5.97 Å². The molecule has 2 aliphatic carbocycles. The largest absolute Gasteiger partial charge is 0.472 e. The van der Waals surface area contributed by atoms with Crippen LogP contribution in [0, 0.1) is 17.3 Å². The first kappa shape index (κ1) is 26.0. The average molecular weight is 515 g/mol. The highest BCUT2D eigenvalue weighted by Crippen LogP contribution is 2.62. The molecule has 12 nitrogen and oxygen atoms in total. The van der Waals surface area contributed by atoms with Gasteiger partial charge in [-0.2, -0.15) is 0 Å². The summed E-state index contributed by atoms with van der Waals surface area (Å²) in [6.45, 7) is 1.08. The summed E-state index contributed by atoms with van der Waals surface area (Å²) in [4.78, 5) is 13.1. The molecule has 0 amide bonds. The van der Waals surface area contributed by atoms with Gasteiger partial charge in [0.15, 0.2) is 11.9 Å². The summed E-state index contributed by atoms with van der Waals surface area (Å²) < 4.78 is 22.2. The number of aliphatic hydroxyl groups is 7. The first-order valence-electron chi connectivity index (χ1n) is 12.3. The van der Waals surface area contributed by atoms with Gasteiger partial charge in [0.2, 0.25) is 0 Å². The molecule has 0 spiro atoms. The Morgan fingerprint density at radius 2 is 1.86 bits per heavy atom. The number of carbonyl (C=O) groups excluding carboxylic acids is 1. The second-order valence-electron chi connectivity index (χ2n) is 10.8. The van der Waals surface area contributed by atoms with Crippen LogP contribution in [0.4, 0.5) is 0 Å². The normalized spacial score (nSPS) is 51.2. The van der Waals surface area contributed by atoms with Crippen LogP contribution in [0.25, 0.3) is 0 Å². The number of hydrogen-bond acceptors (Lipinski definition) is 12. The number of furan rings is 1. The van der Waals surface area contributed by atoms with Crippen molar-refractivity contribution in [2.24, 2.45) is 17.3 Å². The monoisotopic (exact) mass is 514 g/mol. The lowest BCUT2D eigenvalue weighted by atomic mass is 9.47. The lowest BCUT2D eigenvalue weighted by molar-refractivity contribution is -0.332. The molecule has 0 aromatic carbocycles. The summed E-state index contributed by atoms with van der Waals surface area (Å²) in [6, 6.07) is 1.66. The minimum Gasteiger partial charge on any atom is -0.472 e. The number of carbonyl (C=O) groups is 1. The Morgan fingerprint density at radius 1 is 1.11 bits per heavy atom. The van der Waals surface area contributed by atoms with Crippen molar-refractivity contribution in [1.29, 1.82) is 0 Å². The Hall–Kier alpha value is -1.61. The van der Waals surface area contributed by atoms with Gasteiger partial charge in [0.25, 0.3) is 0 Å². The van der Waals surface area contributed by atoms with Gasteiger partial charge >= 0.3 is 5.97 Å². The van der Waals surface area contributed by atoms with Crippen molar-refractivity contribution in [3.63, 3.8) is 0 Å². The Morgan fingerprint density at radius 3 is 2.53 bits per heavy atom. The zero-order chi connectivity index (χ0) is 26.0. The SMILES string of the molecule is CC12CC(c3ccoc3)OC(=O)C1(O)CCC1C(OC3OC(CO)C(O)C(O)C3O)CC(O)C(O)C12. The third-order valence-electron chi connectivity index (χ3n) is 8.96. The van der Waals surface area contributed by atoms with Crippen LogP contribution < -0.4 is 0 Å². The lowest BCUT2D eigenvalue weighted by Gasteiger charge is -2.62. The molecular formula is C24H34O12. The zero-order valence-corrected chi connectivity index (χ0v) is 19.8. The van der Waals surface area contributed by atoms with E-state index in [4.69, 9.17) is 18.6 Å². The molecule has 12 heteroatoms. The van der Waals surface area contributed by atoms with Gasteiger partial charge in [-0.25, -0.2) is 4.79 Å². The zero-order valence-electron chi connectivity index (χ0n) is 19.8. The molecule has 1 aromatic rings. The lowest BCUT2D eigenvalue weighted by Crippen LogP contribution is -2.70. The quantitative estimate of drug-likeness (QED) is 0.226. The van der Waals surface area contributed by atoms with Gasteiger partial charge in [0, 0.05) is 23.3 Å². The number of cyclic esters (lactones) is 1. The standard InChI is InChI=1S/C24H34O12/c1-23-7-14(10-3-5-33-9-10)36-22(31)24(23,32)4-2-11-13(6-12(26)17(27)16(11)23)34-21-20(30)19(29)18(28)15(8-25)35-21/h3,5,9,11-21,25-30,32H,2,4,6-8H2,1H3. The summed E-state index contributed by atoms with van der Waals surface area (Å²) in [5.74, 6) is -2.06. The van der Waals surface area contributed by atoms with Crippen molar-refractivity contribution in [3.05, 3.63) is 24.2 Å². The van der Waals surface area contributed by atoms with Crippen LogP contribution in [0.5, 0.6) is 0 Å². The fourth-order valence-electron chi connectivity index (χ4n) is 6.87. The molecule has 4 aliphatic rings. The Labute approximate surface area is 207 Å². The summed E-state index contributed by atoms with van der Waals surface area (Å²) in [6.07, 6.45) is -8.17. The second kappa shape index (κ2) is 9.29.